The Labute approximate surface area is 107 Å². The molecular weight excluding hydrogens is 252 g/mol. The van der Waals surface area contributed by atoms with Gasteiger partial charge < -0.3 is 5.32 Å². The molecule has 0 aliphatic heterocycles. The number of hydrogen-bond acceptors (Lipinski definition) is 4. The second-order valence-electron chi connectivity index (χ2n) is 4.77. The van der Waals surface area contributed by atoms with E-state index < -0.39 is 20.5 Å². The van der Waals surface area contributed by atoms with Gasteiger partial charge in [0.05, 0.1) is 12.2 Å². The number of carbonyl (C=O) groups excluding carboxylic acids is 1. The molecule has 0 unspecified atom stereocenters. The van der Waals surface area contributed by atoms with E-state index in [0.717, 1.165) is 17.5 Å². The maximum atomic E-state index is 11.9. The first-order chi connectivity index (χ1) is 8.35. The molecule has 2 rings (SSSR count). The van der Waals surface area contributed by atoms with Gasteiger partial charge in [0.1, 0.15) is 0 Å². The number of pyridine rings is 1. The van der Waals surface area contributed by atoms with Gasteiger partial charge in [-0.25, -0.2) is 8.42 Å². The zero-order valence-corrected chi connectivity index (χ0v) is 11.3. The number of aryl methyl sites for hydroxylation is 1. The summed E-state index contributed by atoms with van der Waals surface area (Å²) in [5.41, 5.74) is 1.78. The van der Waals surface area contributed by atoms with E-state index in [1.165, 1.54) is 0 Å². The Morgan fingerprint density at radius 3 is 2.67 bits per heavy atom. The minimum absolute atomic E-state index is 0.262. The predicted octanol–water partition coefficient (Wildman–Crippen LogP) is 0.583. The van der Waals surface area contributed by atoms with Gasteiger partial charge in [0.25, 0.3) is 0 Å². The second kappa shape index (κ2) is 4.35. The average molecular weight is 268 g/mol. The third kappa shape index (κ3) is 2.38. The normalized spacial score (nSPS) is 17.2. The fourth-order valence-corrected chi connectivity index (χ4v) is 3.16. The molecule has 1 aromatic rings. The zero-order valence-electron chi connectivity index (χ0n) is 10.4. The van der Waals surface area contributed by atoms with Crippen LogP contribution in [0.15, 0.2) is 18.3 Å². The van der Waals surface area contributed by atoms with Crippen LogP contribution in [0.5, 0.6) is 0 Å². The summed E-state index contributed by atoms with van der Waals surface area (Å²) >= 11 is 0. The predicted molar refractivity (Wildman–Crippen MR) is 67.6 cm³/mol. The molecule has 98 valence electrons. The molecule has 0 saturated heterocycles. The van der Waals surface area contributed by atoms with Gasteiger partial charge in [-0.05, 0) is 37.5 Å². The van der Waals surface area contributed by atoms with Gasteiger partial charge in [-0.2, -0.15) is 0 Å². The van der Waals surface area contributed by atoms with Crippen molar-refractivity contribution in [3.05, 3.63) is 29.6 Å². The second-order valence-corrected chi connectivity index (χ2v) is 7.10. The van der Waals surface area contributed by atoms with E-state index in [0.29, 0.717) is 12.8 Å². The number of amides is 1. The van der Waals surface area contributed by atoms with E-state index in [-0.39, 0.29) is 6.54 Å². The van der Waals surface area contributed by atoms with Crippen LogP contribution < -0.4 is 5.32 Å². The lowest BCUT2D eigenvalue weighted by atomic mass is 10.2. The minimum atomic E-state index is -3.34. The highest BCUT2D eigenvalue weighted by molar-refractivity contribution is 7.93. The van der Waals surface area contributed by atoms with Crippen LogP contribution in [-0.4, -0.2) is 30.3 Å². The molecule has 0 spiro atoms. The van der Waals surface area contributed by atoms with Gasteiger partial charge in [0.15, 0.2) is 14.6 Å². The summed E-state index contributed by atoms with van der Waals surface area (Å²) in [7, 11) is -3.34. The fraction of sp³-hybridized carbons (Fsp3) is 0.500. The molecule has 0 radical (unpaired) electrons. The molecule has 1 aliphatic rings. The van der Waals surface area contributed by atoms with Crippen molar-refractivity contribution < 1.29 is 13.2 Å². The molecule has 1 saturated carbocycles. The molecule has 1 N–H and O–H groups in total. The van der Waals surface area contributed by atoms with Gasteiger partial charge in [0, 0.05) is 12.5 Å². The van der Waals surface area contributed by atoms with E-state index in [2.05, 4.69) is 10.3 Å². The van der Waals surface area contributed by atoms with Crippen LogP contribution in [0.3, 0.4) is 0 Å². The highest BCUT2D eigenvalue weighted by atomic mass is 32.2. The zero-order chi connectivity index (χ0) is 13.4. The van der Waals surface area contributed by atoms with E-state index in [4.69, 9.17) is 0 Å². The van der Waals surface area contributed by atoms with Gasteiger partial charge >= 0.3 is 0 Å². The molecule has 6 heteroatoms. The Kier molecular flexibility index (Phi) is 3.14. The van der Waals surface area contributed by atoms with Crippen LogP contribution in [0.4, 0.5) is 0 Å². The van der Waals surface area contributed by atoms with E-state index >= 15 is 0 Å². The Hall–Kier alpha value is -1.43. The minimum Gasteiger partial charge on any atom is -0.349 e. The summed E-state index contributed by atoms with van der Waals surface area (Å²) in [4.78, 5) is 16.0. The van der Waals surface area contributed by atoms with E-state index in [1.54, 1.807) is 6.20 Å². The number of carbonyl (C=O) groups is 1. The van der Waals surface area contributed by atoms with Crippen molar-refractivity contribution in [1.82, 2.24) is 10.3 Å². The summed E-state index contributed by atoms with van der Waals surface area (Å²) < 4.78 is 21.9. The number of sulfone groups is 1. The lowest BCUT2D eigenvalue weighted by molar-refractivity contribution is -0.121. The molecule has 1 amide bonds. The van der Waals surface area contributed by atoms with Gasteiger partial charge in [-0.15, -0.1) is 0 Å². The largest absolute Gasteiger partial charge is 0.349 e. The van der Waals surface area contributed by atoms with Crippen LogP contribution in [-0.2, 0) is 21.2 Å². The highest BCUT2D eigenvalue weighted by Gasteiger charge is 2.58. The summed E-state index contributed by atoms with van der Waals surface area (Å²) in [5, 5.41) is 2.65. The van der Waals surface area contributed by atoms with Crippen molar-refractivity contribution in [3.8, 4) is 0 Å². The Morgan fingerprint density at radius 2 is 2.17 bits per heavy atom. The first-order valence-corrected chi connectivity index (χ1v) is 7.64. The Balaban J connectivity index is 2.02. The van der Waals surface area contributed by atoms with Crippen molar-refractivity contribution in [2.75, 3.05) is 6.26 Å². The van der Waals surface area contributed by atoms with Crippen molar-refractivity contribution in [2.24, 2.45) is 0 Å². The van der Waals surface area contributed by atoms with Crippen LogP contribution in [0.1, 0.15) is 24.1 Å². The molecule has 18 heavy (non-hydrogen) atoms. The molecule has 5 nitrogen and oxygen atoms in total. The topological polar surface area (TPSA) is 76.1 Å². The molecular formula is C12H16N2O3S. The smallest absolute Gasteiger partial charge is 0.241 e. The Morgan fingerprint density at radius 1 is 1.50 bits per heavy atom. The highest BCUT2D eigenvalue weighted by Crippen LogP contribution is 2.43. The molecule has 0 atom stereocenters. The van der Waals surface area contributed by atoms with Crippen molar-refractivity contribution in [1.29, 1.82) is 0 Å². The number of nitrogens with zero attached hydrogens (tertiary/aromatic N) is 1. The lowest BCUT2D eigenvalue weighted by Crippen LogP contribution is -2.41. The monoisotopic (exact) mass is 268 g/mol. The van der Waals surface area contributed by atoms with E-state index in [1.807, 2.05) is 19.1 Å². The van der Waals surface area contributed by atoms with Gasteiger partial charge in [-0.3, -0.25) is 9.78 Å². The summed E-state index contributed by atoms with van der Waals surface area (Å²) in [6.07, 6.45) is 3.61. The molecule has 0 bridgehead atoms. The molecule has 1 aromatic heterocycles. The quantitative estimate of drug-likeness (QED) is 0.867. The summed E-state index contributed by atoms with van der Waals surface area (Å²) in [6, 6.07) is 3.73. The third-order valence-corrected chi connectivity index (χ3v) is 5.24. The molecule has 1 heterocycles. The van der Waals surface area contributed by atoms with Crippen LogP contribution in [0, 0.1) is 6.92 Å². The maximum absolute atomic E-state index is 11.9. The number of aromatic nitrogens is 1. The first-order valence-electron chi connectivity index (χ1n) is 5.75. The van der Waals surface area contributed by atoms with Crippen LogP contribution in [0.25, 0.3) is 0 Å². The number of nitrogens with one attached hydrogen (secondary N) is 1. The van der Waals surface area contributed by atoms with Gasteiger partial charge in [0.2, 0.25) is 5.91 Å². The maximum Gasteiger partial charge on any atom is 0.241 e. The molecule has 0 aromatic carbocycles. The third-order valence-electron chi connectivity index (χ3n) is 3.23. The summed E-state index contributed by atoms with van der Waals surface area (Å²) in [5.74, 6) is -0.409. The SMILES string of the molecule is Cc1ccnc(CNC(=O)C2(S(C)(=O)=O)CC2)c1. The first kappa shape index (κ1) is 13.0. The molecule has 1 aliphatic carbocycles. The van der Waals surface area contributed by atoms with Crippen molar-refractivity contribution in [2.45, 2.75) is 31.1 Å². The van der Waals surface area contributed by atoms with E-state index in [9.17, 15) is 13.2 Å². The van der Waals surface area contributed by atoms with Crippen molar-refractivity contribution >= 4 is 15.7 Å². The Bertz CT molecular complexity index is 577. The van der Waals surface area contributed by atoms with Crippen molar-refractivity contribution in [3.63, 3.8) is 0 Å². The van der Waals surface area contributed by atoms with Crippen LogP contribution in [0.2, 0.25) is 0 Å². The fourth-order valence-electron chi connectivity index (χ4n) is 1.91. The number of hydrogen-bond donors (Lipinski definition) is 1. The number of rotatable bonds is 4. The van der Waals surface area contributed by atoms with Crippen LogP contribution >= 0.6 is 0 Å². The standard InChI is InChI=1S/C12H16N2O3S/c1-9-3-6-13-10(7-9)8-14-11(15)12(4-5-12)18(2,16)17/h3,6-7H,4-5,8H2,1-2H3,(H,14,15). The summed E-state index contributed by atoms with van der Waals surface area (Å²) in [6.45, 7) is 2.20. The van der Waals surface area contributed by atoms with Gasteiger partial charge in [-0.1, -0.05) is 0 Å². The lowest BCUT2D eigenvalue weighted by Gasteiger charge is -2.13. The average Bonchev–Trinajstić information content (AvgIpc) is 3.06. The molecule has 1 fully saturated rings.